The Morgan fingerprint density at radius 3 is 2.60 bits per heavy atom. The van der Waals surface area contributed by atoms with E-state index in [0.717, 1.165) is 20.9 Å². The topological polar surface area (TPSA) is 20.9 Å². The molecule has 0 unspecified atom stereocenters. The molecule has 0 aliphatic heterocycles. The molecule has 20 heavy (non-hydrogen) atoms. The van der Waals surface area contributed by atoms with Gasteiger partial charge in [-0.1, -0.05) is 46.3 Å². The number of halogens is 1. The van der Waals surface area contributed by atoms with Gasteiger partial charge in [-0.25, -0.2) is 0 Å². The van der Waals surface area contributed by atoms with Crippen LogP contribution in [0.5, 0.6) is 0 Å². The second kappa shape index (κ2) is 5.55. The van der Waals surface area contributed by atoms with Crippen LogP contribution in [0.3, 0.4) is 0 Å². The first-order chi connectivity index (χ1) is 9.74. The number of aromatic nitrogens is 1. The molecule has 0 amide bonds. The number of carbonyl (C=O) groups excluding carboxylic acids is 1. The van der Waals surface area contributed by atoms with Crippen LogP contribution in [0.1, 0.15) is 10.4 Å². The Morgan fingerprint density at radius 1 is 1.00 bits per heavy atom. The molecule has 0 atom stereocenters. The number of ketones is 1. The van der Waals surface area contributed by atoms with Crippen LogP contribution in [0.15, 0.2) is 71.3 Å². The molecule has 0 saturated heterocycles. The molecule has 0 N–H and O–H groups in total. The van der Waals surface area contributed by atoms with Gasteiger partial charge in [-0.3, -0.25) is 4.79 Å². The van der Waals surface area contributed by atoms with Crippen LogP contribution in [-0.2, 0) is 6.54 Å². The zero-order chi connectivity index (χ0) is 13.9. The third-order valence-electron chi connectivity index (χ3n) is 3.25. The summed E-state index contributed by atoms with van der Waals surface area (Å²) >= 11 is 3.47. The van der Waals surface area contributed by atoms with Gasteiger partial charge in [0.2, 0.25) is 17.8 Å². The predicted octanol–water partition coefficient (Wildman–Crippen LogP) is 3.77. The summed E-state index contributed by atoms with van der Waals surface area (Å²) in [5, 5.41) is 1.11. The van der Waals surface area contributed by atoms with E-state index in [1.54, 1.807) is 0 Å². The highest BCUT2D eigenvalue weighted by Crippen LogP contribution is 2.16. The number of hydrogen-bond donors (Lipinski definition) is 0. The van der Waals surface area contributed by atoms with Crippen LogP contribution < -0.4 is 4.57 Å². The first-order valence-corrected chi connectivity index (χ1v) is 7.19. The summed E-state index contributed by atoms with van der Waals surface area (Å²) in [6, 6.07) is 19.5. The summed E-state index contributed by atoms with van der Waals surface area (Å²) in [5.41, 5.74) is 1.80. The maximum atomic E-state index is 12.3. The third-order valence-corrected chi connectivity index (χ3v) is 3.74. The Bertz CT molecular complexity index is 768. The van der Waals surface area contributed by atoms with E-state index in [2.05, 4.69) is 22.0 Å². The van der Waals surface area contributed by atoms with E-state index in [9.17, 15) is 4.79 Å². The van der Waals surface area contributed by atoms with Gasteiger partial charge in [0.05, 0.1) is 0 Å². The molecule has 1 heterocycles. The quantitative estimate of drug-likeness (QED) is 0.530. The monoisotopic (exact) mass is 326 g/mol. The van der Waals surface area contributed by atoms with E-state index in [-0.39, 0.29) is 5.78 Å². The molecule has 3 rings (SSSR count). The second-order valence-electron chi connectivity index (χ2n) is 4.63. The van der Waals surface area contributed by atoms with Crippen molar-refractivity contribution in [1.82, 2.24) is 0 Å². The number of hydrogen-bond acceptors (Lipinski definition) is 1. The molecule has 0 aliphatic rings. The third kappa shape index (κ3) is 2.63. The summed E-state index contributed by atoms with van der Waals surface area (Å²) in [7, 11) is 0. The SMILES string of the molecule is O=C(C[n+]1cccc2cc(Br)ccc21)c1ccccc1. The van der Waals surface area contributed by atoms with Crippen LogP contribution in [0.4, 0.5) is 0 Å². The van der Waals surface area contributed by atoms with Gasteiger partial charge in [-0.15, -0.1) is 0 Å². The fourth-order valence-electron chi connectivity index (χ4n) is 2.26. The summed E-state index contributed by atoms with van der Waals surface area (Å²) in [6.45, 7) is 0.350. The highest BCUT2D eigenvalue weighted by Gasteiger charge is 2.14. The van der Waals surface area contributed by atoms with Crippen LogP contribution in [-0.4, -0.2) is 5.78 Å². The zero-order valence-corrected chi connectivity index (χ0v) is 12.4. The minimum absolute atomic E-state index is 0.117. The molecular weight excluding hydrogens is 314 g/mol. The molecule has 3 heteroatoms. The molecule has 0 radical (unpaired) electrons. The average molecular weight is 327 g/mol. The Kier molecular flexibility index (Phi) is 3.61. The Hall–Kier alpha value is -2.00. The highest BCUT2D eigenvalue weighted by molar-refractivity contribution is 9.10. The van der Waals surface area contributed by atoms with Gasteiger partial charge in [-0.2, -0.15) is 4.57 Å². The van der Waals surface area contributed by atoms with Crippen molar-refractivity contribution in [2.24, 2.45) is 0 Å². The van der Waals surface area contributed by atoms with Crippen molar-refractivity contribution in [2.75, 3.05) is 0 Å². The molecule has 0 spiro atoms. The van der Waals surface area contributed by atoms with Crippen molar-refractivity contribution < 1.29 is 9.36 Å². The van der Waals surface area contributed by atoms with Gasteiger partial charge in [0.25, 0.3) is 0 Å². The van der Waals surface area contributed by atoms with E-state index in [4.69, 9.17) is 0 Å². The molecule has 0 saturated carbocycles. The van der Waals surface area contributed by atoms with E-state index in [1.165, 1.54) is 0 Å². The van der Waals surface area contributed by atoms with Crippen LogP contribution in [0.2, 0.25) is 0 Å². The minimum atomic E-state index is 0.117. The maximum absolute atomic E-state index is 12.3. The minimum Gasteiger partial charge on any atom is -0.287 e. The summed E-state index contributed by atoms with van der Waals surface area (Å²) in [4.78, 5) is 12.3. The first-order valence-electron chi connectivity index (χ1n) is 6.40. The fourth-order valence-corrected chi connectivity index (χ4v) is 2.64. The lowest BCUT2D eigenvalue weighted by atomic mass is 10.1. The number of nitrogens with zero attached hydrogens (tertiary/aromatic N) is 1. The van der Waals surface area contributed by atoms with Crippen molar-refractivity contribution in [2.45, 2.75) is 6.54 Å². The van der Waals surface area contributed by atoms with E-state index >= 15 is 0 Å². The normalized spacial score (nSPS) is 10.7. The molecule has 98 valence electrons. The lowest BCUT2D eigenvalue weighted by molar-refractivity contribution is -0.657. The second-order valence-corrected chi connectivity index (χ2v) is 5.54. The van der Waals surface area contributed by atoms with Crippen molar-refractivity contribution in [3.05, 3.63) is 76.9 Å². The standard InChI is InChI=1S/C17H13BrNO/c18-15-8-9-16-14(11-15)7-4-10-19(16)12-17(20)13-5-2-1-3-6-13/h1-11H,12H2/q+1. The molecule has 0 aliphatic carbocycles. The number of Topliss-reactive ketones (excluding diaryl/α,β-unsaturated/α-hetero) is 1. The average Bonchev–Trinajstić information content (AvgIpc) is 2.48. The van der Waals surface area contributed by atoms with E-state index in [0.29, 0.717) is 6.54 Å². The molecule has 0 fully saturated rings. The predicted molar refractivity (Wildman–Crippen MR) is 82.6 cm³/mol. The van der Waals surface area contributed by atoms with Gasteiger partial charge < -0.3 is 0 Å². The summed E-state index contributed by atoms with van der Waals surface area (Å²) in [6.07, 6.45) is 1.94. The van der Waals surface area contributed by atoms with Gasteiger partial charge in [0, 0.05) is 27.6 Å². The van der Waals surface area contributed by atoms with Crippen molar-refractivity contribution in [1.29, 1.82) is 0 Å². The fraction of sp³-hybridized carbons (Fsp3) is 0.0588. The van der Waals surface area contributed by atoms with Crippen LogP contribution in [0, 0.1) is 0 Å². The number of fused-ring (bicyclic) bond motifs is 1. The molecule has 2 nitrogen and oxygen atoms in total. The largest absolute Gasteiger partial charge is 0.287 e. The molecule has 2 aromatic carbocycles. The lowest BCUT2D eigenvalue weighted by Crippen LogP contribution is -2.38. The number of rotatable bonds is 3. The van der Waals surface area contributed by atoms with Gasteiger partial charge in [-0.05, 0) is 18.2 Å². The van der Waals surface area contributed by atoms with Crippen molar-refractivity contribution in [3.63, 3.8) is 0 Å². The summed E-state index contributed by atoms with van der Waals surface area (Å²) < 4.78 is 3.02. The smallest absolute Gasteiger partial charge is 0.227 e. The number of pyridine rings is 1. The van der Waals surface area contributed by atoms with E-state index < -0.39 is 0 Å². The first kappa shape index (κ1) is 13.0. The Balaban J connectivity index is 1.97. The van der Waals surface area contributed by atoms with Crippen LogP contribution >= 0.6 is 15.9 Å². The summed E-state index contributed by atoms with van der Waals surface area (Å²) in [5.74, 6) is 0.117. The van der Waals surface area contributed by atoms with Crippen molar-refractivity contribution >= 4 is 32.6 Å². The zero-order valence-electron chi connectivity index (χ0n) is 10.8. The van der Waals surface area contributed by atoms with Gasteiger partial charge in [0.1, 0.15) is 0 Å². The van der Waals surface area contributed by atoms with Gasteiger partial charge >= 0.3 is 0 Å². The van der Waals surface area contributed by atoms with Gasteiger partial charge in [0.15, 0.2) is 6.20 Å². The molecular formula is C17H13BrNO+. The Morgan fingerprint density at radius 2 is 1.80 bits per heavy atom. The molecule has 3 aromatic rings. The molecule has 0 bridgehead atoms. The maximum Gasteiger partial charge on any atom is 0.227 e. The lowest BCUT2D eigenvalue weighted by Gasteiger charge is -2.02. The van der Waals surface area contributed by atoms with Crippen molar-refractivity contribution in [3.8, 4) is 0 Å². The highest BCUT2D eigenvalue weighted by atomic mass is 79.9. The molecule has 1 aromatic heterocycles. The number of benzene rings is 2. The number of carbonyl (C=O) groups is 1. The van der Waals surface area contributed by atoms with E-state index in [1.807, 2.05) is 65.4 Å². The van der Waals surface area contributed by atoms with Crippen LogP contribution in [0.25, 0.3) is 10.9 Å². The Labute approximate surface area is 125 Å².